The van der Waals surface area contributed by atoms with E-state index in [0.717, 1.165) is 22.6 Å². The molecule has 0 radical (unpaired) electrons. The van der Waals surface area contributed by atoms with Crippen molar-refractivity contribution < 1.29 is 38.0 Å². The molecule has 0 aliphatic carbocycles. The Morgan fingerprint density at radius 3 is 1.80 bits per heavy atom. The van der Waals surface area contributed by atoms with Crippen molar-refractivity contribution in [3.05, 3.63) is 89.0 Å². The van der Waals surface area contributed by atoms with E-state index in [0.29, 0.717) is 97.0 Å². The molecule has 1 atom stereocenters. The third kappa shape index (κ3) is 19.6. The standard InChI is InChI=1S/C38H53N5O7.C2H6O.C2H6/c1-29-8-6-11-35(39-29)36(31-12-14-32(15-13-31)41-37(45)50-38(3,4)5)43-18-22-48-26-24-46-20-16-42(17-21-47-25-27-49-23-19-43)28-33-9-7-10-34(40-33)30(2)44;1-3-2;1-2/h6-15,36H,16-28H2,1-5H3,(H,41,45);1-2H3;1-2H3. The number of Topliss-reactive ketones (excluding diaryl/α,β-unsaturated/α-hetero) is 1. The summed E-state index contributed by atoms with van der Waals surface area (Å²) < 4.78 is 33.6. The van der Waals surface area contributed by atoms with Gasteiger partial charge in [0.2, 0.25) is 0 Å². The van der Waals surface area contributed by atoms with E-state index in [1.54, 1.807) is 20.3 Å². The number of methoxy groups -OCH3 is 1. The van der Waals surface area contributed by atoms with Gasteiger partial charge in [0.1, 0.15) is 11.3 Å². The van der Waals surface area contributed by atoms with E-state index < -0.39 is 11.7 Å². The molecule has 1 aliphatic heterocycles. The molecule has 1 fully saturated rings. The van der Waals surface area contributed by atoms with Crippen molar-refractivity contribution in [3.8, 4) is 0 Å². The lowest BCUT2D eigenvalue weighted by molar-refractivity contribution is 0.00332. The summed E-state index contributed by atoms with van der Waals surface area (Å²) in [6, 6.07) is 19.2. The smallest absolute Gasteiger partial charge is 0.412 e. The van der Waals surface area contributed by atoms with Crippen LogP contribution in [0.1, 0.15) is 80.7 Å². The fourth-order valence-corrected chi connectivity index (χ4v) is 5.48. The van der Waals surface area contributed by atoms with Gasteiger partial charge in [-0.15, -0.1) is 0 Å². The fourth-order valence-electron chi connectivity index (χ4n) is 5.48. The van der Waals surface area contributed by atoms with E-state index in [9.17, 15) is 9.59 Å². The number of amides is 1. The Bertz CT molecular complexity index is 1480. The monoisotopic (exact) mass is 767 g/mol. The maximum atomic E-state index is 12.4. The van der Waals surface area contributed by atoms with Gasteiger partial charge in [-0.3, -0.25) is 24.9 Å². The van der Waals surface area contributed by atoms with Gasteiger partial charge in [-0.1, -0.05) is 38.1 Å². The van der Waals surface area contributed by atoms with E-state index >= 15 is 0 Å². The van der Waals surface area contributed by atoms with E-state index in [-0.39, 0.29) is 11.8 Å². The number of aromatic nitrogens is 2. The molecule has 0 bridgehead atoms. The molecule has 3 aromatic rings. The highest BCUT2D eigenvalue weighted by atomic mass is 16.6. The molecule has 4 rings (SSSR count). The summed E-state index contributed by atoms with van der Waals surface area (Å²) in [5, 5.41) is 2.82. The number of carbonyl (C=O) groups is 2. The minimum atomic E-state index is -0.588. The molecule has 0 saturated carbocycles. The largest absolute Gasteiger partial charge is 0.444 e. The molecular formula is C42H65N5O8. The van der Waals surface area contributed by atoms with Crippen LogP contribution in [0, 0.1) is 6.92 Å². The normalized spacial score (nSPS) is 16.5. The second-order valence-electron chi connectivity index (χ2n) is 13.6. The predicted molar refractivity (Wildman–Crippen MR) is 216 cm³/mol. The minimum Gasteiger partial charge on any atom is -0.444 e. The first-order valence-corrected chi connectivity index (χ1v) is 19.2. The number of aryl methyl sites for hydroxylation is 1. The molecule has 13 heteroatoms. The summed E-state index contributed by atoms with van der Waals surface area (Å²) in [5.41, 5.74) is 4.24. The van der Waals surface area contributed by atoms with Gasteiger partial charge >= 0.3 is 6.09 Å². The van der Waals surface area contributed by atoms with Crippen LogP contribution < -0.4 is 5.32 Å². The van der Waals surface area contributed by atoms with Crippen molar-refractivity contribution in [2.75, 3.05) is 98.6 Å². The lowest BCUT2D eigenvalue weighted by Gasteiger charge is -2.32. The van der Waals surface area contributed by atoms with Gasteiger partial charge in [0.15, 0.2) is 5.78 Å². The maximum Gasteiger partial charge on any atom is 0.412 e. The molecule has 1 amide bonds. The molecular weight excluding hydrogens is 702 g/mol. The summed E-state index contributed by atoms with van der Waals surface area (Å²) in [7, 11) is 3.25. The Morgan fingerprint density at radius 2 is 1.29 bits per heavy atom. The van der Waals surface area contributed by atoms with E-state index in [1.807, 2.05) is 96.1 Å². The highest BCUT2D eigenvalue weighted by Crippen LogP contribution is 2.29. The number of nitrogens with zero attached hydrogens (tertiary/aromatic N) is 4. The van der Waals surface area contributed by atoms with Crippen molar-refractivity contribution in [2.24, 2.45) is 0 Å². The number of rotatable bonds is 7. The average molecular weight is 768 g/mol. The molecule has 1 aromatic carbocycles. The third-order valence-electron chi connectivity index (χ3n) is 7.87. The van der Waals surface area contributed by atoms with Crippen LogP contribution in [-0.4, -0.2) is 130 Å². The molecule has 1 unspecified atom stereocenters. The Kier molecular flexibility index (Phi) is 23.1. The first-order valence-electron chi connectivity index (χ1n) is 19.2. The second-order valence-corrected chi connectivity index (χ2v) is 13.6. The molecule has 1 N–H and O–H groups in total. The highest BCUT2D eigenvalue weighted by Gasteiger charge is 2.24. The van der Waals surface area contributed by atoms with Crippen molar-refractivity contribution in [1.82, 2.24) is 19.8 Å². The zero-order valence-corrected chi connectivity index (χ0v) is 34.6. The van der Waals surface area contributed by atoms with Crippen LogP contribution in [0.2, 0.25) is 0 Å². The number of hydrogen-bond donors (Lipinski definition) is 1. The molecule has 306 valence electrons. The van der Waals surface area contributed by atoms with Crippen LogP contribution in [0.5, 0.6) is 0 Å². The Morgan fingerprint density at radius 1 is 0.764 bits per heavy atom. The minimum absolute atomic E-state index is 0.0490. The Labute approximate surface area is 329 Å². The third-order valence-corrected chi connectivity index (χ3v) is 7.87. The molecule has 2 aromatic heterocycles. The van der Waals surface area contributed by atoms with Gasteiger partial charge < -0.3 is 28.4 Å². The fraction of sp³-hybridized carbons (Fsp3) is 0.571. The van der Waals surface area contributed by atoms with Gasteiger partial charge in [0, 0.05) is 65.2 Å². The summed E-state index contributed by atoms with van der Waals surface area (Å²) in [6.07, 6.45) is -0.497. The van der Waals surface area contributed by atoms with Crippen LogP contribution >= 0.6 is 0 Å². The van der Waals surface area contributed by atoms with Gasteiger partial charge in [-0.05, 0) is 69.7 Å². The summed E-state index contributed by atoms with van der Waals surface area (Å²) in [6.45, 7) is 20.2. The molecule has 1 saturated heterocycles. The quantitative estimate of drug-likeness (QED) is 0.260. The van der Waals surface area contributed by atoms with Crippen LogP contribution in [0.25, 0.3) is 0 Å². The number of nitrogens with one attached hydrogen (secondary N) is 1. The molecule has 0 spiro atoms. The van der Waals surface area contributed by atoms with Crippen LogP contribution in [-0.2, 0) is 35.0 Å². The van der Waals surface area contributed by atoms with Crippen molar-refractivity contribution in [3.63, 3.8) is 0 Å². The van der Waals surface area contributed by atoms with E-state index in [4.69, 9.17) is 28.7 Å². The first kappa shape index (κ1) is 47.3. The first-order chi connectivity index (χ1) is 26.5. The second kappa shape index (κ2) is 26.9. The highest BCUT2D eigenvalue weighted by molar-refractivity contribution is 5.92. The molecule has 3 heterocycles. The van der Waals surface area contributed by atoms with Crippen LogP contribution in [0.4, 0.5) is 10.5 Å². The van der Waals surface area contributed by atoms with Crippen LogP contribution in [0.3, 0.4) is 0 Å². The summed E-state index contributed by atoms with van der Waals surface area (Å²) >= 11 is 0. The predicted octanol–water partition coefficient (Wildman–Crippen LogP) is 6.60. The number of ether oxygens (including phenoxy) is 6. The van der Waals surface area contributed by atoms with Crippen molar-refractivity contribution >= 4 is 17.6 Å². The van der Waals surface area contributed by atoms with E-state index in [1.165, 1.54) is 6.92 Å². The number of carbonyl (C=O) groups excluding carboxylic acids is 2. The summed E-state index contributed by atoms with van der Waals surface area (Å²) in [5.74, 6) is -0.0490. The average Bonchev–Trinajstić information content (AvgIpc) is 3.14. The van der Waals surface area contributed by atoms with Gasteiger partial charge in [0.05, 0.1) is 70.3 Å². The van der Waals surface area contributed by atoms with Crippen molar-refractivity contribution in [2.45, 2.75) is 66.7 Å². The molecule has 55 heavy (non-hydrogen) atoms. The molecule has 13 nitrogen and oxygen atoms in total. The zero-order valence-electron chi connectivity index (χ0n) is 34.6. The zero-order chi connectivity index (χ0) is 40.5. The Balaban J connectivity index is 0.00000199. The number of ketones is 1. The van der Waals surface area contributed by atoms with Gasteiger partial charge in [-0.2, -0.15) is 0 Å². The SMILES string of the molecule is CC.CC(=O)c1cccc(CN2CCOCCOCCN(C(c3ccc(NC(=O)OC(C)(C)C)cc3)c3cccc(C)n3)CCOCCOCC2)n1.COC. The van der Waals surface area contributed by atoms with Crippen molar-refractivity contribution in [1.29, 1.82) is 0 Å². The summed E-state index contributed by atoms with van der Waals surface area (Å²) in [4.78, 5) is 38.1. The van der Waals surface area contributed by atoms with Crippen LogP contribution in [0.15, 0.2) is 60.7 Å². The maximum absolute atomic E-state index is 12.4. The van der Waals surface area contributed by atoms with Gasteiger partial charge in [0.25, 0.3) is 0 Å². The Hall–Kier alpha value is -3.82. The topological polar surface area (TPSA) is 134 Å². The van der Waals surface area contributed by atoms with Gasteiger partial charge in [-0.25, -0.2) is 9.78 Å². The lowest BCUT2D eigenvalue weighted by atomic mass is 10.00. The lowest BCUT2D eigenvalue weighted by Crippen LogP contribution is -2.36. The molecule has 1 aliphatic rings. The number of anilines is 1. The van der Waals surface area contributed by atoms with E-state index in [2.05, 4.69) is 24.8 Å². The number of pyridine rings is 2. The number of benzene rings is 1. The number of hydrogen-bond acceptors (Lipinski definition) is 12.